The zero-order valence-electron chi connectivity index (χ0n) is 15.8. The summed E-state index contributed by atoms with van der Waals surface area (Å²) in [6.45, 7) is 0.300. The van der Waals surface area contributed by atoms with Crippen LogP contribution < -0.4 is 5.32 Å². The highest BCUT2D eigenvalue weighted by Gasteiger charge is 2.45. The Morgan fingerprint density at radius 2 is 1.83 bits per heavy atom. The van der Waals surface area contributed by atoms with Crippen LogP contribution in [-0.2, 0) is 27.1 Å². The number of likely N-dealkylation sites (tertiary alicyclic amines) is 1. The van der Waals surface area contributed by atoms with Gasteiger partial charge >= 0.3 is 12.1 Å². The van der Waals surface area contributed by atoms with E-state index < -0.39 is 41.4 Å². The van der Waals surface area contributed by atoms with Gasteiger partial charge < -0.3 is 15.0 Å². The average molecular weight is 418 g/mol. The quantitative estimate of drug-likeness (QED) is 0.614. The van der Waals surface area contributed by atoms with Crippen LogP contribution in [0.4, 0.5) is 18.9 Å². The molecule has 1 fully saturated rings. The fourth-order valence-electron chi connectivity index (χ4n) is 3.90. The lowest BCUT2D eigenvalue weighted by atomic mass is 9.87. The molecule has 0 aromatic heterocycles. The van der Waals surface area contributed by atoms with Gasteiger partial charge in [0, 0.05) is 25.1 Å². The standard InChI is InChI=1S/C21H17F3N2O4/c1-26-9-14(11-5-7-13(8-6-11)21(22,23)24)17(19(26)28)18(27)25-15-4-2-3-12-10-30-20(29)16(12)15/h2-8,14,17H,9-10H2,1H3,(H,25,27)/t14-,17+/m1/s1. The molecule has 2 aliphatic rings. The van der Waals surface area contributed by atoms with Gasteiger partial charge in [0.2, 0.25) is 11.8 Å². The number of fused-ring (bicyclic) bond motifs is 1. The molecular weight excluding hydrogens is 401 g/mol. The number of ether oxygens (including phenoxy) is 1. The van der Waals surface area contributed by atoms with E-state index in [0.717, 1.165) is 12.1 Å². The van der Waals surface area contributed by atoms with Gasteiger partial charge in [-0.3, -0.25) is 9.59 Å². The van der Waals surface area contributed by atoms with Gasteiger partial charge in [-0.25, -0.2) is 4.79 Å². The largest absolute Gasteiger partial charge is 0.457 e. The first-order chi connectivity index (χ1) is 14.2. The topological polar surface area (TPSA) is 75.7 Å². The van der Waals surface area contributed by atoms with Crippen molar-refractivity contribution in [2.75, 3.05) is 18.9 Å². The molecule has 2 amide bonds. The summed E-state index contributed by atoms with van der Waals surface area (Å²) < 4.78 is 43.5. The van der Waals surface area contributed by atoms with Crippen molar-refractivity contribution in [3.8, 4) is 0 Å². The fraction of sp³-hybridized carbons (Fsp3) is 0.286. The molecule has 0 radical (unpaired) electrons. The number of hydrogen-bond acceptors (Lipinski definition) is 4. The third-order valence-corrected chi connectivity index (χ3v) is 5.44. The van der Waals surface area contributed by atoms with Crippen molar-refractivity contribution in [2.24, 2.45) is 5.92 Å². The van der Waals surface area contributed by atoms with Crippen molar-refractivity contribution in [1.29, 1.82) is 0 Å². The van der Waals surface area contributed by atoms with Crippen molar-refractivity contribution < 1.29 is 32.3 Å². The molecule has 2 heterocycles. The number of rotatable bonds is 3. The molecule has 1 N–H and O–H groups in total. The number of carbonyl (C=O) groups excluding carboxylic acids is 3. The van der Waals surface area contributed by atoms with Crippen molar-refractivity contribution in [3.05, 3.63) is 64.7 Å². The molecule has 6 nitrogen and oxygen atoms in total. The average Bonchev–Trinajstić information content (AvgIpc) is 3.22. The first-order valence-corrected chi connectivity index (χ1v) is 9.19. The monoisotopic (exact) mass is 418 g/mol. The van der Waals surface area contributed by atoms with E-state index in [4.69, 9.17) is 4.74 Å². The maximum Gasteiger partial charge on any atom is 0.416 e. The number of carbonyl (C=O) groups is 3. The van der Waals surface area contributed by atoms with Crippen LogP contribution in [0, 0.1) is 5.92 Å². The lowest BCUT2D eigenvalue weighted by Gasteiger charge is -2.18. The van der Waals surface area contributed by atoms with Gasteiger partial charge in [0.05, 0.1) is 16.8 Å². The molecule has 4 rings (SSSR count). The SMILES string of the molecule is CN1C[C@H](c2ccc(C(F)(F)F)cc2)[C@@H](C(=O)Nc2cccc3c2C(=O)OC3)C1=O. The number of anilines is 1. The molecule has 156 valence electrons. The summed E-state index contributed by atoms with van der Waals surface area (Å²) in [5.41, 5.74) is 0.776. The van der Waals surface area contributed by atoms with Crippen molar-refractivity contribution in [2.45, 2.75) is 18.7 Å². The van der Waals surface area contributed by atoms with E-state index in [1.54, 1.807) is 18.2 Å². The Morgan fingerprint density at radius 3 is 2.50 bits per heavy atom. The number of alkyl halides is 3. The molecule has 30 heavy (non-hydrogen) atoms. The van der Waals surface area contributed by atoms with Crippen LogP contribution >= 0.6 is 0 Å². The maximum absolute atomic E-state index is 13.0. The van der Waals surface area contributed by atoms with Crippen LogP contribution in [0.2, 0.25) is 0 Å². The number of nitrogens with one attached hydrogen (secondary N) is 1. The third-order valence-electron chi connectivity index (χ3n) is 5.44. The second-order valence-corrected chi connectivity index (χ2v) is 7.33. The van der Waals surface area contributed by atoms with E-state index >= 15 is 0 Å². The lowest BCUT2D eigenvalue weighted by Crippen LogP contribution is -2.33. The van der Waals surface area contributed by atoms with Crippen LogP contribution in [-0.4, -0.2) is 36.3 Å². The molecule has 9 heteroatoms. The first-order valence-electron chi connectivity index (χ1n) is 9.19. The summed E-state index contributed by atoms with van der Waals surface area (Å²) in [7, 11) is 1.53. The number of likely N-dealkylation sites (N-methyl/N-ethyl adjacent to an activating group) is 1. The van der Waals surface area contributed by atoms with E-state index in [1.165, 1.54) is 24.1 Å². The summed E-state index contributed by atoms with van der Waals surface area (Å²) in [5, 5.41) is 2.63. The molecule has 1 saturated heterocycles. The van der Waals surface area contributed by atoms with Gasteiger partial charge in [-0.15, -0.1) is 0 Å². The summed E-state index contributed by atoms with van der Waals surface area (Å²) in [6.07, 6.45) is -4.47. The van der Waals surface area contributed by atoms with Crippen LogP contribution in [0.25, 0.3) is 0 Å². The smallest absolute Gasteiger partial charge is 0.416 e. The summed E-state index contributed by atoms with van der Waals surface area (Å²) in [6, 6.07) is 9.36. The minimum Gasteiger partial charge on any atom is -0.457 e. The summed E-state index contributed by atoms with van der Waals surface area (Å²) >= 11 is 0. The van der Waals surface area contributed by atoms with E-state index in [1.807, 2.05) is 0 Å². The molecule has 2 atom stereocenters. The molecule has 0 saturated carbocycles. The minimum absolute atomic E-state index is 0.108. The predicted molar refractivity (Wildman–Crippen MR) is 99.5 cm³/mol. The minimum atomic E-state index is -4.47. The number of amides is 2. The first kappa shape index (κ1) is 19.9. The molecular formula is C21H17F3N2O4. The fourth-order valence-corrected chi connectivity index (χ4v) is 3.90. The highest BCUT2D eigenvalue weighted by atomic mass is 19.4. The van der Waals surface area contributed by atoms with E-state index in [0.29, 0.717) is 11.1 Å². The number of hydrogen-bond donors (Lipinski definition) is 1. The second kappa shape index (κ2) is 7.16. The normalized spacial score (nSPS) is 20.9. The molecule has 2 aromatic carbocycles. The molecule has 0 unspecified atom stereocenters. The van der Waals surface area contributed by atoms with Gasteiger partial charge in [-0.1, -0.05) is 24.3 Å². The van der Waals surface area contributed by atoms with Gasteiger partial charge in [-0.05, 0) is 23.8 Å². The zero-order chi connectivity index (χ0) is 21.6. The van der Waals surface area contributed by atoms with Crippen LogP contribution in [0.3, 0.4) is 0 Å². The molecule has 0 bridgehead atoms. The Labute approximate surface area is 169 Å². The second-order valence-electron chi connectivity index (χ2n) is 7.33. The van der Waals surface area contributed by atoms with Gasteiger partial charge in [0.15, 0.2) is 0 Å². The predicted octanol–water partition coefficient (Wildman–Crippen LogP) is 3.19. The highest BCUT2D eigenvalue weighted by molar-refractivity contribution is 6.11. The van der Waals surface area contributed by atoms with Gasteiger partial charge in [0.25, 0.3) is 0 Å². The Balaban J connectivity index is 1.62. The lowest BCUT2D eigenvalue weighted by molar-refractivity contribution is -0.138. The van der Waals surface area contributed by atoms with Crippen molar-refractivity contribution >= 4 is 23.5 Å². The van der Waals surface area contributed by atoms with Crippen LogP contribution in [0.5, 0.6) is 0 Å². The van der Waals surface area contributed by atoms with Crippen molar-refractivity contribution in [1.82, 2.24) is 4.90 Å². The molecule has 0 aliphatic carbocycles. The Bertz CT molecular complexity index is 1030. The summed E-state index contributed by atoms with van der Waals surface area (Å²) in [5.74, 6) is -3.36. The Morgan fingerprint density at radius 1 is 1.13 bits per heavy atom. The highest BCUT2D eigenvalue weighted by Crippen LogP contribution is 2.37. The molecule has 0 spiro atoms. The maximum atomic E-state index is 13.0. The van der Waals surface area contributed by atoms with E-state index in [2.05, 4.69) is 5.32 Å². The van der Waals surface area contributed by atoms with E-state index in [-0.39, 0.29) is 24.4 Å². The van der Waals surface area contributed by atoms with Crippen LogP contribution in [0.15, 0.2) is 42.5 Å². The van der Waals surface area contributed by atoms with E-state index in [9.17, 15) is 27.6 Å². The summed E-state index contributed by atoms with van der Waals surface area (Å²) in [4.78, 5) is 39.0. The van der Waals surface area contributed by atoms with Crippen LogP contribution in [0.1, 0.15) is 33.0 Å². The zero-order valence-corrected chi connectivity index (χ0v) is 15.8. The number of esters is 1. The molecule has 2 aromatic rings. The Kier molecular flexibility index (Phi) is 4.76. The van der Waals surface area contributed by atoms with Crippen molar-refractivity contribution in [3.63, 3.8) is 0 Å². The Hall–Kier alpha value is -3.36. The number of benzene rings is 2. The number of nitrogens with zero attached hydrogens (tertiary/aromatic N) is 1. The third kappa shape index (κ3) is 3.40. The van der Waals surface area contributed by atoms with Gasteiger partial charge in [0.1, 0.15) is 12.5 Å². The number of cyclic esters (lactones) is 1. The van der Waals surface area contributed by atoms with Gasteiger partial charge in [-0.2, -0.15) is 13.2 Å². The number of halogens is 3. The molecule has 2 aliphatic heterocycles.